The fourth-order valence-electron chi connectivity index (χ4n) is 2.79. The highest BCUT2D eigenvalue weighted by Crippen LogP contribution is 2.27. The van der Waals surface area contributed by atoms with Gasteiger partial charge < -0.3 is 10.1 Å². The first kappa shape index (κ1) is 19.9. The second kappa shape index (κ2) is 8.56. The summed E-state index contributed by atoms with van der Waals surface area (Å²) < 4.78 is 7.14. The molecule has 0 aliphatic carbocycles. The van der Waals surface area contributed by atoms with Crippen molar-refractivity contribution in [2.75, 3.05) is 11.9 Å². The maximum Gasteiger partial charge on any atom is 0.257 e. The van der Waals surface area contributed by atoms with Gasteiger partial charge >= 0.3 is 0 Å². The minimum absolute atomic E-state index is 0.202. The van der Waals surface area contributed by atoms with Crippen LogP contribution in [-0.4, -0.2) is 37.4 Å². The summed E-state index contributed by atoms with van der Waals surface area (Å²) >= 11 is 6.75. The summed E-state index contributed by atoms with van der Waals surface area (Å²) in [5.41, 5.74) is 2.12. The first-order valence-electron chi connectivity index (χ1n) is 9.18. The van der Waals surface area contributed by atoms with Crippen LogP contribution in [0, 0.1) is 6.92 Å². The molecule has 0 saturated carbocycles. The number of aromatic nitrogens is 4. The van der Waals surface area contributed by atoms with Crippen molar-refractivity contribution in [1.29, 1.82) is 0 Å². The first-order chi connectivity index (χ1) is 14.5. The van der Waals surface area contributed by atoms with Crippen LogP contribution in [0.15, 0.2) is 48.5 Å². The molecule has 2 heterocycles. The molecular formula is C20H18N6O2S2. The van der Waals surface area contributed by atoms with Crippen LogP contribution < -0.4 is 15.4 Å². The Labute approximate surface area is 181 Å². The van der Waals surface area contributed by atoms with E-state index in [1.54, 1.807) is 28.8 Å². The first-order valence-corrected chi connectivity index (χ1v) is 10.4. The van der Waals surface area contributed by atoms with Gasteiger partial charge in [0.15, 0.2) is 10.9 Å². The number of nitrogens with zero attached hydrogens (tertiary/aromatic N) is 4. The molecule has 0 bridgehead atoms. The van der Waals surface area contributed by atoms with E-state index in [1.165, 1.54) is 11.3 Å². The van der Waals surface area contributed by atoms with Crippen molar-refractivity contribution in [3.05, 3.63) is 59.9 Å². The maximum absolute atomic E-state index is 12.5. The van der Waals surface area contributed by atoms with Gasteiger partial charge in [0.05, 0.1) is 6.61 Å². The van der Waals surface area contributed by atoms with Crippen molar-refractivity contribution in [3.63, 3.8) is 0 Å². The number of carbonyl (C=O) groups is 1. The Kier molecular flexibility index (Phi) is 5.68. The van der Waals surface area contributed by atoms with Gasteiger partial charge in [0.1, 0.15) is 10.8 Å². The van der Waals surface area contributed by atoms with Crippen LogP contribution >= 0.6 is 23.6 Å². The second-order valence-electron chi connectivity index (χ2n) is 6.30. The normalized spacial score (nSPS) is 10.7. The van der Waals surface area contributed by atoms with Gasteiger partial charge in [-0.2, -0.15) is 9.61 Å². The molecule has 4 rings (SSSR count). The standard InChI is InChI=1S/C20H18N6O2S2/c1-3-28-16-9-5-6-13(11-16)17(27)22-19(29)21-15-8-4-7-14(10-15)18-25-26-12(2)23-24-20(26)30-18/h4-11H,3H2,1-2H3,(H2,21,22,27,29). The molecule has 8 nitrogen and oxygen atoms in total. The lowest BCUT2D eigenvalue weighted by molar-refractivity contribution is 0.0977. The van der Waals surface area contributed by atoms with Gasteiger partial charge in [0.2, 0.25) is 4.96 Å². The van der Waals surface area contributed by atoms with Crippen LogP contribution in [0.1, 0.15) is 23.1 Å². The monoisotopic (exact) mass is 438 g/mol. The number of thiocarbonyl (C=S) groups is 1. The van der Waals surface area contributed by atoms with Crippen LogP contribution in [0.3, 0.4) is 0 Å². The van der Waals surface area contributed by atoms with Crippen LogP contribution in [0.2, 0.25) is 0 Å². The zero-order valence-electron chi connectivity index (χ0n) is 16.2. The Morgan fingerprint density at radius 2 is 2.03 bits per heavy atom. The van der Waals surface area contributed by atoms with Gasteiger partial charge in [-0.3, -0.25) is 10.1 Å². The summed E-state index contributed by atoms with van der Waals surface area (Å²) in [7, 11) is 0. The number of aryl methyl sites for hydroxylation is 1. The highest BCUT2D eigenvalue weighted by atomic mass is 32.1. The zero-order valence-corrected chi connectivity index (χ0v) is 17.9. The molecule has 0 unspecified atom stereocenters. The molecule has 2 aromatic carbocycles. The fourth-order valence-corrected chi connectivity index (χ4v) is 3.88. The van der Waals surface area contributed by atoms with Crippen molar-refractivity contribution in [2.45, 2.75) is 13.8 Å². The highest BCUT2D eigenvalue weighted by Gasteiger charge is 2.12. The van der Waals surface area contributed by atoms with Crippen LogP contribution in [0.25, 0.3) is 15.5 Å². The lowest BCUT2D eigenvalue weighted by Crippen LogP contribution is -2.34. The molecule has 1 amide bonds. The number of fused-ring (bicyclic) bond motifs is 1. The third-order valence-corrected chi connectivity index (χ3v) is 5.30. The lowest BCUT2D eigenvalue weighted by atomic mass is 10.2. The zero-order chi connectivity index (χ0) is 21.1. The van der Waals surface area contributed by atoms with E-state index in [4.69, 9.17) is 17.0 Å². The molecule has 0 radical (unpaired) electrons. The SMILES string of the molecule is CCOc1cccc(C(=O)NC(=S)Nc2cccc(-c3nn4c(C)nnc4s3)c2)c1. The van der Waals surface area contributed by atoms with Gasteiger partial charge in [0, 0.05) is 16.8 Å². The van der Waals surface area contributed by atoms with Crippen molar-refractivity contribution in [3.8, 4) is 16.3 Å². The fraction of sp³-hybridized carbons (Fsp3) is 0.150. The number of benzene rings is 2. The topological polar surface area (TPSA) is 93.4 Å². The van der Waals surface area contributed by atoms with E-state index in [0.717, 1.165) is 27.0 Å². The third-order valence-electron chi connectivity index (χ3n) is 4.15. The number of hydrogen-bond donors (Lipinski definition) is 2. The molecule has 10 heteroatoms. The van der Waals surface area contributed by atoms with Gasteiger partial charge in [-0.25, -0.2) is 0 Å². The number of nitrogens with one attached hydrogen (secondary N) is 2. The number of amides is 1. The van der Waals surface area contributed by atoms with E-state index in [-0.39, 0.29) is 11.0 Å². The Bertz CT molecular complexity index is 1230. The second-order valence-corrected chi connectivity index (χ2v) is 7.66. The number of carbonyl (C=O) groups excluding carboxylic acids is 1. The molecule has 0 fully saturated rings. The molecule has 0 saturated heterocycles. The predicted octanol–water partition coefficient (Wildman–Crippen LogP) is 3.69. The minimum Gasteiger partial charge on any atom is -0.494 e. The quantitative estimate of drug-likeness (QED) is 0.459. The van der Waals surface area contributed by atoms with Gasteiger partial charge in [-0.05, 0) is 56.4 Å². The van der Waals surface area contributed by atoms with Gasteiger partial charge in [-0.15, -0.1) is 10.2 Å². The molecule has 0 aliphatic heterocycles. The average Bonchev–Trinajstić information content (AvgIpc) is 3.31. The van der Waals surface area contributed by atoms with Crippen molar-refractivity contribution >= 4 is 45.2 Å². The minimum atomic E-state index is -0.311. The van der Waals surface area contributed by atoms with Crippen molar-refractivity contribution < 1.29 is 9.53 Å². The van der Waals surface area contributed by atoms with Crippen LogP contribution in [0.4, 0.5) is 5.69 Å². The van der Waals surface area contributed by atoms with E-state index < -0.39 is 0 Å². The molecule has 4 aromatic rings. The van der Waals surface area contributed by atoms with Crippen molar-refractivity contribution in [1.82, 2.24) is 25.1 Å². The third kappa shape index (κ3) is 4.29. The Morgan fingerprint density at radius 1 is 1.20 bits per heavy atom. The summed E-state index contributed by atoms with van der Waals surface area (Å²) in [5, 5.41) is 19.4. The predicted molar refractivity (Wildman–Crippen MR) is 120 cm³/mol. The molecule has 2 N–H and O–H groups in total. The lowest BCUT2D eigenvalue weighted by Gasteiger charge is -2.11. The smallest absolute Gasteiger partial charge is 0.257 e. The average molecular weight is 439 g/mol. The number of rotatable bonds is 5. The molecule has 2 aromatic heterocycles. The molecular weight excluding hydrogens is 420 g/mol. The van der Waals surface area contributed by atoms with Gasteiger partial charge in [0.25, 0.3) is 5.91 Å². The number of hydrogen-bond acceptors (Lipinski definition) is 7. The molecule has 152 valence electrons. The summed E-state index contributed by atoms with van der Waals surface area (Å²) in [6.45, 7) is 4.27. The Morgan fingerprint density at radius 3 is 2.83 bits per heavy atom. The van der Waals surface area contributed by atoms with E-state index in [0.29, 0.717) is 17.9 Å². The molecule has 30 heavy (non-hydrogen) atoms. The largest absolute Gasteiger partial charge is 0.494 e. The maximum atomic E-state index is 12.5. The Hall–Kier alpha value is -3.37. The highest BCUT2D eigenvalue weighted by molar-refractivity contribution is 7.80. The summed E-state index contributed by atoms with van der Waals surface area (Å²) in [6.07, 6.45) is 0. The summed E-state index contributed by atoms with van der Waals surface area (Å²) in [4.78, 5) is 13.2. The van der Waals surface area contributed by atoms with Gasteiger partial charge in [-0.1, -0.05) is 29.5 Å². The number of ether oxygens (including phenoxy) is 1. The van der Waals surface area contributed by atoms with Crippen LogP contribution in [0.5, 0.6) is 5.75 Å². The van der Waals surface area contributed by atoms with E-state index >= 15 is 0 Å². The number of anilines is 1. The molecule has 0 spiro atoms. The molecule has 0 atom stereocenters. The van der Waals surface area contributed by atoms with E-state index in [9.17, 15) is 4.79 Å². The van der Waals surface area contributed by atoms with E-state index in [1.807, 2.05) is 38.1 Å². The summed E-state index contributed by atoms with van der Waals surface area (Å²) in [6, 6.07) is 14.6. The van der Waals surface area contributed by atoms with E-state index in [2.05, 4.69) is 25.9 Å². The Balaban J connectivity index is 1.45. The summed E-state index contributed by atoms with van der Waals surface area (Å²) in [5.74, 6) is 1.06. The van der Waals surface area contributed by atoms with Crippen LogP contribution in [-0.2, 0) is 0 Å². The molecule has 0 aliphatic rings. The van der Waals surface area contributed by atoms with Crippen molar-refractivity contribution in [2.24, 2.45) is 0 Å².